The van der Waals surface area contributed by atoms with Gasteiger partial charge in [0.1, 0.15) is 24.4 Å². The molecule has 0 bridgehead atoms. The van der Waals surface area contributed by atoms with Crippen molar-refractivity contribution in [3.8, 4) is 0 Å². The molecular formula is C28H36N2O12S. The number of thioether (sulfide) groups is 1. The van der Waals surface area contributed by atoms with E-state index in [1.54, 1.807) is 0 Å². The molecule has 0 unspecified atom stereocenters. The lowest BCUT2D eigenvalue weighted by molar-refractivity contribution is -0.174. The highest BCUT2D eigenvalue weighted by molar-refractivity contribution is 8.01. The van der Waals surface area contributed by atoms with Gasteiger partial charge >= 0.3 is 11.9 Å². The van der Waals surface area contributed by atoms with E-state index in [0.717, 1.165) is 0 Å². The van der Waals surface area contributed by atoms with E-state index >= 15 is 0 Å². The van der Waals surface area contributed by atoms with Gasteiger partial charge in [-0.25, -0.2) is 9.59 Å². The fraction of sp³-hybridized carbons (Fsp3) is 0.500. The number of aliphatic hydroxyl groups is 6. The molecule has 0 amide bonds. The molecule has 0 aromatic heterocycles. The van der Waals surface area contributed by atoms with Crippen molar-refractivity contribution in [2.75, 3.05) is 51.3 Å². The second-order valence-electron chi connectivity index (χ2n) is 10.1. The molecule has 14 nitrogen and oxygen atoms in total. The van der Waals surface area contributed by atoms with Crippen LogP contribution in [0.4, 0.5) is 11.4 Å². The number of esters is 2. The van der Waals surface area contributed by atoms with Crippen LogP contribution >= 0.6 is 11.8 Å². The molecule has 4 rings (SSSR count). The van der Waals surface area contributed by atoms with E-state index in [9.17, 15) is 40.2 Å². The summed E-state index contributed by atoms with van der Waals surface area (Å²) in [6, 6.07) is 9.42. The Bertz CT molecular complexity index is 1160. The third-order valence-electron chi connectivity index (χ3n) is 7.43. The normalized spacial score (nSPS) is 32.5. The highest BCUT2D eigenvalue weighted by Gasteiger charge is 2.62. The van der Waals surface area contributed by atoms with Gasteiger partial charge in [0, 0.05) is 11.4 Å². The fourth-order valence-electron chi connectivity index (χ4n) is 5.10. The average Bonchev–Trinajstić information content (AvgIpc) is 3.01. The van der Waals surface area contributed by atoms with Gasteiger partial charge in [0.2, 0.25) is 0 Å². The summed E-state index contributed by atoms with van der Waals surface area (Å²) in [5.41, 5.74) is 1.28. The summed E-state index contributed by atoms with van der Waals surface area (Å²) >= 11 is 0.445. The van der Waals surface area contributed by atoms with Crippen molar-refractivity contribution in [3.05, 3.63) is 59.7 Å². The second-order valence-corrected chi connectivity index (χ2v) is 11.6. The van der Waals surface area contributed by atoms with Crippen molar-refractivity contribution in [1.29, 1.82) is 0 Å². The molecule has 0 saturated carbocycles. The number of hydrogen-bond donors (Lipinski definition) is 8. The zero-order chi connectivity index (χ0) is 31.4. The number of nitrogens with one attached hydrogen (secondary N) is 2. The molecular weight excluding hydrogens is 588 g/mol. The number of rotatable bonds is 10. The number of anilines is 2. The van der Waals surface area contributed by atoms with Gasteiger partial charge < -0.3 is 60.2 Å². The maximum Gasteiger partial charge on any atom is 0.337 e. The van der Waals surface area contributed by atoms with E-state index in [1.165, 1.54) is 62.8 Å². The van der Waals surface area contributed by atoms with E-state index in [0.29, 0.717) is 23.1 Å². The predicted molar refractivity (Wildman–Crippen MR) is 154 cm³/mol. The van der Waals surface area contributed by atoms with Crippen LogP contribution < -0.4 is 10.6 Å². The van der Waals surface area contributed by atoms with Gasteiger partial charge in [0.15, 0.2) is 9.87 Å². The first-order chi connectivity index (χ1) is 20.5. The highest BCUT2D eigenvalue weighted by atomic mass is 32.2. The van der Waals surface area contributed by atoms with Crippen LogP contribution in [-0.2, 0) is 18.9 Å². The van der Waals surface area contributed by atoms with Crippen molar-refractivity contribution >= 4 is 35.1 Å². The number of hydrogen-bond acceptors (Lipinski definition) is 15. The lowest BCUT2D eigenvalue weighted by Crippen LogP contribution is -2.71. The van der Waals surface area contributed by atoms with E-state index in [1.807, 2.05) is 0 Å². The minimum absolute atomic E-state index is 0.264. The Labute approximate surface area is 251 Å². The van der Waals surface area contributed by atoms with Crippen LogP contribution in [-0.4, -0.2) is 130 Å². The summed E-state index contributed by atoms with van der Waals surface area (Å²) in [5, 5.41) is 72.6. The molecule has 0 spiro atoms. The van der Waals surface area contributed by atoms with Crippen molar-refractivity contribution in [1.82, 2.24) is 0 Å². The average molecular weight is 625 g/mol. The zero-order valence-corrected chi connectivity index (χ0v) is 24.3. The number of carbonyl (C=O) groups excluding carboxylic acids is 2. The molecule has 2 heterocycles. The van der Waals surface area contributed by atoms with E-state index in [2.05, 4.69) is 10.6 Å². The predicted octanol–water partition coefficient (Wildman–Crippen LogP) is -0.865. The molecule has 2 saturated heterocycles. The Morgan fingerprint density at radius 3 is 1.42 bits per heavy atom. The first kappa shape index (κ1) is 32.9. The lowest BCUT2D eigenvalue weighted by atomic mass is 9.95. The van der Waals surface area contributed by atoms with Crippen LogP contribution in [0.2, 0.25) is 0 Å². The minimum Gasteiger partial charge on any atom is -0.465 e. The molecule has 2 aromatic carbocycles. The summed E-state index contributed by atoms with van der Waals surface area (Å²) in [6.07, 6.45) is -5.42. The molecule has 2 aromatic rings. The summed E-state index contributed by atoms with van der Waals surface area (Å²) in [5.74, 6) is -1.12. The summed E-state index contributed by atoms with van der Waals surface area (Å²) in [6.45, 7) is -1.99. The van der Waals surface area contributed by atoms with Crippen molar-refractivity contribution in [2.24, 2.45) is 0 Å². The Morgan fingerprint density at radius 2 is 1.12 bits per heavy atom. The maximum atomic E-state index is 12.2. The third-order valence-corrected chi connectivity index (χ3v) is 9.12. The second kappa shape index (κ2) is 13.8. The Morgan fingerprint density at radius 1 is 0.767 bits per heavy atom. The monoisotopic (exact) mass is 624 g/mol. The number of aliphatic hydroxyl groups excluding tert-OH is 4. The number of methoxy groups -OCH3 is 2. The van der Waals surface area contributed by atoms with Crippen molar-refractivity contribution in [3.63, 3.8) is 0 Å². The van der Waals surface area contributed by atoms with E-state index < -0.39 is 71.5 Å². The molecule has 8 N–H and O–H groups in total. The van der Waals surface area contributed by atoms with Crippen molar-refractivity contribution < 1.29 is 59.2 Å². The molecule has 2 aliphatic heterocycles. The summed E-state index contributed by atoms with van der Waals surface area (Å²) < 4.78 is 20.5. The van der Waals surface area contributed by atoms with Gasteiger partial charge in [0.05, 0.1) is 63.9 Å². The minimum atomic E-state index is -2.29. The Hall–Kier alpha value is -2.99. The van der Waals surface area contributed by atoms with Crippen LogP contribution in [0.1, 0.15) is 20.7 Å². The molecule has 2 fully saturated rings. The number of benzene rings is 2. The first-order valence-corrected chi connectivity index (χ1v) is 14.2. The quantitative estimate of drug-likeness (QED) is 0.119. The Balaban J connectivity index is 1.68. The molecule has 8 atom stereocenters. The van der Waals surface area contributed by atoms with Crippen LogP contribution in [0.25, 0.3) is 0 Å². The van der Waals surface area contributed by atoms with Crippen LogP contribution in [0.5, 0.6) is 0 Å². The smallest absolute Gasteiger partial charge is 0.337 e. The molecule has 2 aliphatic rings. The maximum absolute atomic E-state index is 12.2. The van der Waals surface area contributed by atoms with Crippen LogP contribution in [0.15, 0.2) is 48.5 Å². The van der Waals surface area contributed by atoms with Crippen molar-refractivity contribution in [2.45, 2.75) is 46.4 Å². The summed E-state index contributed by atoms with van der Waals surface area (Å²) in [7, 11) is 2.49. The van der Waals surface area contributed by atoms with Gasteiger partial charge in [0.25, 0.3) is 0 Å². The van der Waals surface area contributed by atoms with E-state index in [-0.39, 0.29) is 24.3 Å². The molecule has 236 valence electrons. The first-order valence-electron chi connectivity index (χ1n) is 13.4. The van der Waals surface area contributed by atoms with Gasteiger partial charge in [-0.2, -0.15) is 0 Å². The topological polar surface area (TPSA) is 216 Å². The Kier molecular flexibility index (Phi) is 10.5. The van der Waals surface area contributed by atoms with E-state index in [4.69, 9.17) is 18.9 Å². The van der Waals surface area contributed by atoms with Gasteiger partial charge in [-0.05, 0) is 48.5 Å². The van der Waals surface area contributed by atoms with Gasteiger partial charge in [-0.15, -0.1) is 0 Å². The summed E-state index contributed by atoms with van der Waals surface area (Å²) in [4.78, 5) is 19.1. The third kappa shape index (κ3) is 6.74. The van der Waals surface area contributed by atoms with Gasteiger partial charge in [-0.3, -0.25) is 0 Å². The standard InChI is InChI=1S/C28H36N2O12S/c1-39-25(35)15-3-7-17(8-4-15)29-23-19(33)13-41-21(11-31)27(23,37)43-28(38)22(12-32)42-14-20(34)24(28)30-18-9-5-16(6-10-18)26(36)40-2/h3-10,19-24,29-34,37-38H,11-14H2,1-2H3/t19-,20-,21+,22+,23-,24-,27-,28-/m0/s1. The molecule has 0 radical (unpaired) electrons. The lowest BCUT2D eigenvalue weighted by Gasteiger charge is -2.54. The number of ether oxygens (including phenoxy) is 4. The molecule has 15 heteroatoms. The highest BCUT2D eigenvalue weighted by Crippen LogP contribution is 2.49. The zero-order valence-electron chi connectivity index (χ0n) is 23.5. The van der Waals surface area contributed by atoms with Gasteiger partial charge in [-0.1, -0.05) is 11.8 Å². The fourth-order valence-corrected chi connectivity index (χ4v) is 6.86. The molecule has 43 heavy (non-hydrogen) atoms. The largest absolute Gasteiger partial charge is 0.465 e. The van der Waals surface area contributed by atoms with Crippen LogP contribution in [0.3, 0.4) is 0 Å². The number of carbonyl (C=O) groups is 2. The van der Waals surface area contributed by atoms with Crippen LogP contribution in [0, 0.1) is 0 Å². The molecule has 0 aliphatic carbocycles. The SMILES string of the molecule is COC(=O)c1ccc(N[C@H]2[C@@H](O)CO[C@H](CO)[C@]2(O)S[C@@]2(O)[C@@H](CO)OC[C@H](O)[C@@H]2Nc2ccc(C(=O)OC)cc2)cc1.